The molecule has 0 aliphatic rings. The maximum atomic E-state index is 14.0. The number of aryl methyl sites for hydroxylation is 1. The summed E-state index contributed by atoms with van der Waals surface area (Å²) >= 11 is 5.77. The molecule has 1 heterocycles. The average molecular weight is 333 g/mol. The number of hydrogen-bond donors (Lipinski definition) is 1. The molecule has 0 unspecified atom stereocenters. The molecule has 8 heteroatoms. The van der Waals surface area contributed by atoms with Gasteiger partial charge in [0.25, 0.3) is 5.91 Å². The Hall–Kier alpha value is -2.15. The summed E-state index contributed by atoms with van der Waals surface area (Å²) in [5.74, 6) is -2.36. The number of amides is 1. The quantitative estimate of drug-likeness (QED) is 0.825. The smallest absolute Gasteiger partial charge is 0.319 e. The van der Waals surface area contributed by atoms with Crippen molar-refractivity contribution in [2.24, 2.45) is 0 Å². The van der Waals surface area contributed by atoms with Crippen molar-refractivity contribution in [2.45, 2.75) is 13.1 Å². The Morgan fingerprint density at radius 3 is 2.55 bits per heavy atom. The van der Waals surface area contributed by atoms with Crippen molar-refractivity contribution in [1.29, 1.82) is 0 Å². The van der Waals surface area contributed by atoms with E-state index in [1.165, 1.54) is 25.4 Å². The van der Waals surface area contributed by atoms with E-state index in [-0.39, 0.29) is 16.1 Å². The number of halogens is 5. The zero-order chi connectivity index (χ0) is 16.5. The van der Waals surface area contributed by atoms with Crippen LogP contribution in [0.2, 0.25) is 5.02 Å². The van der Waals surface area contributed by atoms with Crippen LogP contribution in [0.25, 0.3) is 0 Å². The van der Waals surface area contributed by atoms with Crippen LogP contribution in [0.3, 0.4) is 0 Å². The molecular weight excluding hydrogens is 324 g/mol. The van der Waals surface area contributed by atoms with E-state index in [1.807, 2.05) is 0 Å². The standard InChI is InChI=1S/C14H9ClF4N2O/c1-7-2-3-9(14(17,18)19)11(16)12(7)21-13(22)8-4-5-20-6-10(8)15/h2-6H,1H3,(H,21,22). The van der Waals surface area contributed by atoms with E-state index in [9.17, 15) is 22.4 Å². The molecule has 0 spiro atoms. The molecule has 2 rings (SSSR count). The molecule has 0 aliphatic heterocycles. The number of benzene rings is 1. The van der Waals surface area contributed by atoms with Gasteiger partial charge in [0.15, 0.2) is 5.82 Å². The van der Waals surface area contributed by atoms with Crippen LogP contribution in [0, 0.1) is 12.7 Å². The molecule has 1 amide bonds. The molecule has 116 valence electrons. The first-order valence-electron chi connectivity index (χ1n) is 5.99. The van der Waals surface area contributed by atoms with Crippen LogP contribution >= 0.6 is 11.6 Å². The van der Waals surface area contributed by atoms with Crippen LogP contribution in [0.4, 0.5) is 23.2 Å². The van der Waals surface area contributed by atoms with Crippen LogP contribution in [-0.4, -0.2) is 10.9 Å². The van der Waals surface area contributed by atoms with Gasteiger partial charge in [-0.1, -0.05) is 17.7 Å². The number of rotatable bonds is 2. The van der Waals surface area contributed by atoms with E-state index in [0.717, 1.165) is 6.07 Å². The van der Waals surface area contributed by atoms with Crippen molar-refractivity contribution in [3.8, 4) is 0 Å². The summed E-state index contributed by atoms with van der Waals surface area (Å²) in [6.45, 7) is 1.38. The highest BCUT2D eigenvalue weighted by atomic mass is 35.5. The molecule has 2 aromatic rings. The highest BCUT2D eigenvalue weighted by Crippen LogP contribution is 2.35. The summed E-state index contributed by atoms with van der Waals surface area (Å²) < 4.78 is 52.1. The molecule has 0 saturated heterocycles. The third-order valence-electron chi connectivity index (χ3n) is 2.91. The highest BCUT2D eigenvalue weighted by Gasteiger charge is 2.35. The van der Waals surface area contributed by atoms with E-state index < -0.39 is 29.2 Å². The van der Waals surface area contributed by atoms with Gasteiger partial charge in [-0.3, -0.25) is 9.78 Å². The fraction of sp³-hybridized carbons (Fsp3) is 0.143. The van der Waals surface area contributed by atoms with Crippen molar-refractivity contribution >= 4 is 23.2 Å². The monoisotopic (exact) mass is 332 g/mol. The molecule has 0 atom stereocenters. The number of pyridine rings is 1. The van der Waals surface area contributed by atoms with Gasteiger partial charge in [0.05, 0.1) is 21.8 Å². The van der Waals surface area contributed by atoms with Gasteiger partial charge in [-0.15, -0.1) is 0 Å². The molecule has 3 nitrogen and oxygen atoms in total. The third-order valence-corrected chi connectivity index (χ3v) is 3.21. The normalized spacial score (nSPS) is 11.4. The van der Waals surface area contributed by atoms with Gasteiger partial charge in [-0.2, -0.15) is 13.2 Å². The van der Waals surface area contributed by atoms with E-state index in [4.69, 9.17) is 11.6 Å². The Bertz CT molecular complexity index is 731. The lowest BCUT2D eigenvalue weighted by molar-refractivity contribution is -0.139. The zero-order valence-corrected chi connectivity index (χ0v) is 11.9. The second-order valence-corrected chi connectivity index (χ2v) is 4.83. The second kappa shape index (κ2) is 5.92. The van der Waals surface area contributed by atoms with Crippen molar-refractivity contribution in [3.63, 3.8) is 0 Å². The number of hydrogen-bond acceptors (Lipinski definition) is 2. The Kier molecular flexibility index (Phi) is 4.37. The first-order valence-corrected chi connectivity index (χ1v) is 6.36. The first-order chi connectivity index (χ1) is 10.2. The molecule has 1 N–H and O–H groups in total. The van der Waals surface area contributed by atoms with Crippen LogP contribution in [0.15, 0.2) is 30.6 Å². The van der Waals surface area contributed by atoms with Gasteiger partial charge in [0, 0.05) is 12.4 Å². The lowest BCUT2D eigenvalue weighted by Gasteiger charge is -2.14. The SMILES string of the molecule is Cc1ccc(C(F)(F)F)c(F)c1NC(=O)c1ccncc1Cl. The van der Waals surface area contributed by atoms with Gasteiger partial charge >= 0.3 is 6.18 Å². The van der Waals surface area contributed by atoms with Crippen molar-refractivity contribution < 1.29 is 22.4 Å². The van der Waals surface area contributed by atoms with Crippen molar-refractivity contribution in [1.82, 2.24) is 4.98 Å². The molecule has 1 aromatic heterocycles. The van der Waals surface area contributed by atoms with E-state index in [0.29, 0.717) is 6.07 Å². The van der Waals surface area contributed by atoms with E-state index >= 15 is 0 Å². The third kappa shape index (κ3) is 3.19. The molecule has 0 radical (unpaired) electrons. The fourth-order valence-corrected chi connectivity index (χ4v) is 1.99. The lowest BCUT2D eigenvalue weighted by atomic mass is 10.1. The van der Waals surface area contributed by atoms with Gasteiger partial charge in [-0.25, -0.2) is 4.39 Å². The summed E-state index contributed by atoms with van der Waals surface area (Å²) in [6.07, 6.45) is -2.37. The predicted molar refractivity (Wildman–Crippen MR) is 73.3 cm³/mol. The molecule has 0 bridgehead atoms. The van der Waals surface area contributed by atoms with Crippen LogP contribution < -0.4 is 5.32 Å². The summed E-state index contributed by atoms with van der Waals surface area (Å²) in [7, 11) is 0. The fourth-order valence-electron chi connectivity index (χ4n) is 1.79. The van der Waals surface area contributed by atoms with Crippen molar-refractivity contribution in [3.05, 3.63) is 58.1 Å². The molecule has 22 heavy (non-hydrogen) atoms. The van der Waals surface area contributed by atoms with Crippen LogP contribution in [0.5, 0.6) is 0 Å². The molecule has 0 fully saturated rings. The summed E-state index contributed by atoms with van der Waals surface area (Å²) in [5.41, 5.74) is -1.85. The minimum atomic E-state index is -4.86. The largest absolute Gasteiger partial charge is 0.419 e. The van der Waals surface area contributed by atoms with E-state index in [2.05, 4.69) is 10.3 Å². The Morgan fingerprint density at radius 1 is 1.27 bits per heavy atom. The first kappa shape index (κ1) is 16.2. The number of aromatic nitrogens is 1. The minimum Gasteiger partial charge on any atom is -0.319 e. The Morgan fingerprint density at radius 2 is 1.95 bits per heavy atom. The van der Waals surface area contributed by atoms with Crippen LogP contribution in [0.1, 0.15) is 21.5 Å². The van der Waals surface area contributed by atoms with Gasteiger partial charge in [0.1, 0.15) is 0 Å². The topological polar surface area (TPSA) is 42.0 Å². The van der Waals surface area contributed by atoms with Gasteiger partial charge in [0.2, 0.25) is 0 Å². The number of nitrogens with one attached hydrogen (secondary N) is 1. The number of nitrogens with zero attached hydrogens (tertiary/aromatic N) is 1. The number of anilines is 1. The molecule has 0 saturated carbocycles. The Labute approximate surface area is 127 Å². The summed E-state index contributed by atoms with van der Waals surface area (Å²) in [5, 5.41) is 2.13. The summed E-state index contributed by atoms with van der Waals surface area (Å²) in [6, 6.07) is 2.98. The van der Waals surface area contributed by atoms with Gasteiger partial charge in [-0.05, 0) is 24.6 Å². The second-order valence-electron chi connectivity index (χ2n) is 4.43. The van der Waals surface area contributed by atoms with E-state index in [1.54, 1.807) is 0 Å². The predicted octanol–water partition coefficient (Wildman–Crippen LogP) is 4.45. The molecule has 0 aliphatic carbocycles. The zero-order valence-electron chi connectivity index (χ0n) is 11.1. The maximum absolute atomic E-state index is 14.0. The average Bonchev–Trinajstić information content (AvgIpc) is 2.42. The lowest BCUT2D eigenvalue weighted by Crippen LogP contribution is -2.17. The molecular formula is C14H9ClF4N2O. The van der Waals surface area contributed by atoms with Crippen molar-refractivity contribution in [2.75, 3.05) is 5.32 Å². The highest BCUT2D eigenvalue weighted by molar-refractivity contribution is 6.34. The van der Waals surface area contributed by atoms with Gasteiger partial charge < -0.3 is 5.32 Å². The minimum absolute atomic E-state index is 0.00466. The summed E-state index contributed by atoms with van der Waals surface area (Å²) in [4.78, 5) is 15.7. The number of carbonyl (C=O) groups excluding carboxylic acids is 1. The number of carbonyl (C=O) groups is 1. The maximum Gasteiger partial charge on any atom is 0.419 e. The number of alkyl halides is 3. The molecule has 1 aromatic carbocycles. The Balaban J connectivity index is 2.42. The van der Waals surface area contributed by atoms with Crippen LogP contribution in [-0.2, 0) is 6.18 Å².